The molecular formula is C11H17N3O2. The van der Waals surface area contributed by atoms with Crippen LogP contribution in [0.25, 0.3) is 0 Å². The van der Waals surface area contributed by atoms with Crippen LogP contribution in [0, 0.1) is 12.3 Å². The first-order chi connectivity index (χ1) is 7.70. The van der Waals surface area contributed by atoms with E-state index in [4.69, 9.17) is 6.42 Å². The van der Waals surface area contributed by atoms with E-state index in [1.165, 1.54) is 0 Å². The molecule has 1 aliphatic heterocycles. The molecule has 1 saturated heterocycles. The highest BCUT2D eigenvalue weighted by Crippen LogP contribution is 2.16. The van der Waals surface area contributed by atoms with Gasteiger partial charge < -0.3 is 10.2 Å². The molecule has 1 atom stereocenters. The lowest BCUT2D eigenvalue weighted by Crippen LogP contribution is -2.47. The molecule has 2 amide bonds. The lowest BCUT2D eigenvalue weighted by atomic mass is 10.2. The first-order valence-corrected chi connectivity index (χ1v) is 5.36. The standard InChI is InChI=1S/C11H17N3O2/c1-3-6-13-8-10(15)14-7-4-5-9(14)11(16)12-2/h1,9,13H,4-8H2,2H3,(H,12,16). The van der Waals surface area contributed by atoms with Crippen LogP contribution >= 0.6 is 0 Å². The van der Waals surface area contributed by atoms with Crippen molar-refractivity contribution in [3.05, 3.63) is 0 Å². The van der Waals surface area contributed by atoms with Gasteiger partial charge in [0.25, 0.3) is 0 Å². The van der Waals surface area contributed by atoms with Crippen molar-refractivity contribution in [2.75, 3.05) is 26.7 Å². The van der Waals surface area contributed by atoms with Crippen molar-refractivity contribution in [1.29, 1.82) is 0 Å². The molecule has 88 valence electrons. The van der Waals surface area contributed by atoms with Gasteiger partial charge in [-0.15, -0.1) is 6.42 Å². The van der Waals surface area contributed by atoms with Gasteiger partial charge >= 0.3 is 0 Å². The summed E-state index contributed by atoms with van der Waals surface area (Å²) >= 11 is 0. The topological polar surface area (TPSA) is 61.4 Å². The minimum Gasteiger partial charge on any atom is -0.357 e. The van der Waals surface area contributed by atoms with Crippen molar-refractivity contribution in [1.82, 2.24) is 15.5 Å². The van der Waals surface area contributed by atoms with E-state index in [1.54, 1.807) is 11.9 Å². The van der Waals surface area contributed by atoms with Crippen LogP contribution in [0.3, 0.4) is 0 Å². The predicted molar refractivity (Wildman–Crippen MR) is 60.5 cm³/mol. The summed E-state index contributed by atoms with van der Waals surface area (Å²) in [5, 5.41) is 5.40. The van der Waals surface area contributed by atoms with Crippen LogP contribution in [-0.4, -0.2) is 49.4 Å². The van der Waals surface area contributed by atoms with Crippen molar-refractivity contribution in [2.24, 2.45) is 0 Å². The Labute approximate surface area is 95.6 Å². The lowest BCUT2D eigenvalue weighted by molar-refractivity contribution is -0.137. The van der Waals surface area contributed by atoms with E-state index in [0.29, 0.717) is 13.1 Å². The molecule has 0 spiro atoms. The average Bonchev–Trinajstić information content (AvgIpc) is 2.77. The summed E-state index contributed by atoms with van der Waals surface area (Å²) in [7, 11) is 1.58. The van der Waals surface area contributed by atoms with E-state index in [0.717, 1.165) is 12.8 Å². The second-order valence-electron chi connectivity index (χ2n) is 3.67. The number of likely N-dealkylation sites (tertiary alicyclic amines) is 1. The summed E-state index contributed by atoms with van der Waals surface area (Å²) in [6, 6.07) is -0.315. The second-order valence-corrected chi connectivity index (χ2v) is 3.67. The van der Waals surface area contributed by atoms with Crippen molar-refractivity contribution in [2.45, 2.75) is 18.9 Å². The zero-order chi connectivity index (χ0) is 12.0. The first-order valence-electron chi connectivity index (χ1n) is 5.36. The molecule has 1 heterocycles. The number of amides is 2. The Morgan fingerprint density at radius 1 is 1.56 bits per heavy atom. The minimum atomic E-state index is -0.315. The van der Waals surface area contributed by atoms with Gasteiger partial charge in [-0.2, -0.15) is 0 Å². The zero-order valence-electron chi connectivity index (χ0n) is 9.45. The number of nitrogens with one attached hydrogen (secondary N) is 2. The van der Waals surface area contributed by atoms with Gasteiger partial charge in [0, 0.05) is 13.6 Å². The smallest absolute Gasteiger partial charge is 0.242 e. The highest BCUT2D eigenvalue weighted by Gasteiger charge is 2.32. The van der Waals surface area contributed by atoms with Crippen LogP contribution < -0.4 is 10.6 Å². The Kier molecular flexibility index (Phi) is 4.80. The number of hydrogen-bond acceptors (Lipinski definition) is 3. The molecule has 0 aromatic carbocycles. The zero-order valence-corrected chi connectivity index (χ0v) is 9.45. The third-order valence-electron chi connectivity index (χ3n) is 2.63. The lowest BCUT2D eigenvalue weighted by Gasteiger charge is -2.23. The monoisotopic (exact) mass is 223 g/mol. The largest absolute Gasteiger partial charge is 0.357 e. The molecule has 0 radical (unpaired) electrons. The minimum absolute atomic E-state index is 0.0682. The number of carbonyl (C=O) groups is 2. The van der Waals surface area contributed by atoms with Crippen LogP contribution in [0.1, 0.15) is 12.8 Å². The average molecular weight is 223 g/mol. The van der Waals surface area contributed by atoms with Gasteiger partial charge in [0.05, 0.1) is 13.1 Å². The van der Waals surface area contributed by atoms with Crippen LogP contribution in [0.5, 0.6) is 0 Å². The number of likely N-dealkylation sites (N-methyl/N-ethyl adjacent to an activating group) is 1. The van der Waals surface area contributed by atoms with E-state index >= 15 is 0 Å². The number of hydrogen-bond donors (Lipinski definition) is 2. The second kappa shape index (κ2) is 6.13. The first kappa shape index (κ1) is 12.5. The number of nitrogens with zero attached hydrogens (tertiary/aromatic N) is 1. The van der Waals surface area contributed by atoms with Gasteiger partial charge in [0.1, 0.15) is 6.04 Å². The Morgan fingerprint density at radius 3 is 2.94 bits per heavy atom. The van der Waals surface area contributed by atoms with Crippen molar-refractivity contribution >= 4 is 11.8 Å². The summed E-state index contributed by atoms with van der Waals surface area (Å²) in [4.78, 5) is 24.9. The van der Waals surface area contributed by atoms with E-state index < -0.39 is 0 Å². The molecule has 0 aliphatic carbocycles. The van der Waals surface area contributed by atoms with E-state index in [9.17, 15) is 9.59 Å². The molecule has 0 saturated carbocycles. The Balaban J connectivity index is 2.48. The van der Waals surface area contributed by atoms with Gasteiger partial charge in [-0.3, -0.25) is 14.9 Å². The maximum absolute atomic E-state index is 11.8. The van der Waals surface area contributed by atoms with Crippen molar-refractivity contribution < 1.29 is 9.59 Å². The normalized spacial score (nSPS) is 19.2. The predicted octanol–water partition coefficient (Wildman–Crippen LogP) is -1.05. The van der Waals surface area contributed by atoms with Crippen molar-refractivity contribution in [3.8, 4) is 12.3 Å². The quantitative estimate of drug-likeness (QED) is 0.472. The molecule has 1 rings (SSSR count). The molecule has 1 aliphatic rings. The van der Waals surface area contributed by atoms with Crippen LogP contribution in [0.15, 0.2) is 0 Å². The Morgan fingerprint density at radius 2 is 2.31 bits per heavy atom. The Bertz CT molecular complexity index is 309. The molecule has 1 unspecified atom stereocenters. The highest BCUT2D eigenvalue weighted by atomic mass is 16.2. The summed E-state index contributed by atoms with van der Waals surface area (Å²) in [6.07, 6.45) is 6.67. The fourth-order valence-corrected chi connectivity index (χ4v) is 1.85. The molecule has 16 heavy (non-hydrogen) atoms. The molecule has 0 aromatic rings. The van der Waals surface area contributed by atoms with Crippen molar-refractivity contribution in [3.63, 3.8) is 0 Å². The Hall–Kier alpha value is -1.54. The van der Waals surface area contributed by atoms with Gasteiger partial charge in [-0.05, 0) is 12.8 Å². The summed E-state index contributed by atoms with van der Waals surface area (Å²) in [5.41, 5.74) is 0. The van der Waals surface area contributed by atoms with Crippen LogP contribution in [-0.2, 0) is 9.59 Å². The number of carbonyl (C=O) groups excluding carboxylic acids is 2. The molecule has 5 nitrogen and oxygen atoms in total. The highest BCUT2D eigenvalue weighted by molar-refractivity contribution is 5.88. The number of terminal acetylenes is 1. The van der Waals surface area contributed by atoms with Gasteiger partial charge in [0.2, 0.25) is 11.8 Å². The van der Waals surface area contributed by atoms with Crippen LogP contribution in [0.4, 0.5) is 0 Å². The molecule has 0 bridgehead atoms. The summed E-state index contributed by atoms with van der Waals surface area (Å²) in [5.74, 6) is 2.23. The van der Waals surface area contributed by atoms with Gasteiger partial charge in [-0.25, -0.2) is 0 Å². The third kappa shape index (κ3) is 2.97. The van der Waals surface area contributed by atoms with Gasteiger partial charge in [0.15, 0.2) is 0 Å². The van der Waals surface area contributed by atoms with E-state index in [2.05, 4.69) is 16.6 Å². The van der Waals surface area contributed by atoms with Gasteiger partial charge in [-0.1, -0.05) is 5.92 Å². The molecule has 5 heteroatoms. The summed E-state index contributed by atoms with van der Waals surface area (Å²) in [6.45, 7) is 1.20. The van der Waals surface area contributed by atoms with Crippen LogP contribution in [0.2, 0.25) is 0 Å². The molecule has 2 N–H and O–H groups in total. The fraction of sp³-hybridized carbons (Fsp3) is 0.636. The SMILES string of the molecule is C#CCNCC(=O)N1CCCC1C(=O)NC. The van der Waals surface area contributed by atoms with E-state index in [1.807, 2.05) is 0 Å². The summed E-state index contributed by atoms with van der Waals surface area (Å²) < 4.78 is 0. The fourth-order valence-electron chi connectivity index (χ4n) is 1.85. The van der Waals surface area contributed by atoms with E-state index in [-0.39, 0.29) is 24.4 Å². The third-order valence-corrected chi connectivity index (χ3v) is 2.63. The maximum atomic E-state index is 11.8. The molecular weight excluding hydrogens is 206 g/mol. The maximum Gasteiger partial charge on any atom is 0.242 e. The number of rotatable bonds is 4. The molecule has 1 fully saturated rings. The molecule has 0 aromatic heterocycles.